The van der Waals surface area contributed by atoms with E-state index in [1.165, 1.54) is 20.0 Å². The molecule has 2 rings (SSSR count). The van der Waals surface area contributed by atoms with Crippen molar-refractivity contribution in [3.8, 4) is 0 Å². The van der Waals surface area contributed by atoms with Crippen LogP contribution in [0.2, 0.25) is 0 Å². The summed E-state index contributed by atoms with van der Waals surface area (Å²) in [5.41, 5.74) is 0.233. The summed E-state index contributed by atoms with van der Waals surface area (Å²) >= 11 is 1.93. The summed E-state index contributed by atoms with van der Waals surface area (Å²) in [5, 5.41) is 0. The van der Waals surface area contributed by atoms with Crippen molar-refractivity contribution in [3.05, 3.63) is 0 Å². The summed E-state index contributed by atoms with van der Waals surface area (Å²) < 4.78 is 10.6. The minimum absolute atomic E-state index is 0.0656. The summed E-state index contributed by atoms with van der Waals surface area (Å²) in [4.78, 5) is 13.8. The number of rotatable bonds is 7. The van der Waals surface area contributed by atoms with Crippen molar-refractivity contribution in [3.63, 3.8) is 0 Å². The molecule has 0 amide bonds. The number of ether oxygens (including phenoxy) is 2. The fourth-order valence-corrected chi connectivity index (χ4v) is 3.91. The summed E-state index contributed by atoms with van der Waals surface area (Å²) in [7, 11) is 1.47. The smallest absolute Gasteiger partial charge is 0.306 e. The van der Waals surface area contributed by atoms with Gasteiger partial charge in [-0.2, -0.15) is 11.8 Å². The van der Waals surface area contributed by atoms with Crippen LogP contribution in [0.3, 0.4) is 0 Å². The van der Waals surface area contributed by atoms with Crippen molar-refractivity contribution in [2.75, 3.05) is 44.9 Å². The molecule has 1 atom stereocenters. The summed E-state index contributed by atoms with van der Waals surface area (Å²) in [6.07, 6.45) is 3.28. The third-order valence-corrected chi connectivity index (χ3v) is 5.51. The van der Waals surface area contributed by atoms with Gasteiger partial charge in [0.1, 0.15) is 0 Å². The molecule has 1 aliphatic carbocycles. The lowest BCUT2D eigenvalue weighted by molar-refractivity contribution is -0.141. The van der Waals surface area contributed by atoms with E-state index < -0.39 is 0 Å². The molecule has 0 aromatic carbocycles. The van der Waals surface area contributed by atoms with E-state index in [9.17, 15) is 4.79 Å². The van der Waals surface area contributed by atoms with E-state index in [1.54, 1.807) is 0 Å². The van der Waals surface area contributed by atoms with E-state index in [0.29, 0.717) is 12.5 Å². The van der Waals surface area contributed by atoms with Gasteiger partial charge in [-0.1, -0.05) is 6.92 Å². The van der Waals surface area contributed by atoms with Crippen molar-refractivity contribution in [1.29, 1.82) is 0 Å². The fraction of sp³-hybridized carbons (Fsp3) is 0.929. The third-order valence-electron chi connectivity index (χ3n) is 4.09. The summed E-state index contributed by atoms with van der Waals surface area (Å²) in [6, 6.07) is 0. The van der Waals surface area contributed by atoms with Crippen LogP contribution in [-0.2, 0) is 14.3 Å². The van der Waals surface area contributed by atoms with Gasteiger partial charge in [0, 0.05) is 18.8 Å². The van der Waals surface area contributed by atoms with Crippen LogP contribution in [0.1, 0.15) is 26.2 Å². The normalized spacial score (nSPS) is 26.1. The number of carbonyl (C=O) groups is 1. The van der Waals surface area contributed by atoms with E-state index in [1.807, 2.05) is 11.8 Å². The van der Waals surface area contributed by atoms with Crippen molar-refractivity contribution in [2.24, 2.45) is 5.41 Å². The average Bonchev–Trinajstić information content (AvgIpc) is 3.18. The molecule has 1 unspecified atom stereocenters. The minimum Gasteiger partial charge on any atom is -0.469 e. The lowest BCUT2D eigenvalue weighted by Gasteiger charge is -2.32. The molecule has 5 heteroatoms. The fourth-order valence-electron chi connectivity index (χ4n) is 2.50. The number of hydrogen-bond donors (Lipinski definition) is 0. The van der Waals surface area contributed by atoms with Crippen LogP contribution in [0.5, 0.6) is 0 Å². The lowest BCUT2D eigenvalue weighted by Crippen LogP contribution is -2.43. The second kappa shape index (κ2) is 6.95. The molecule has 4 nitrogen and oxygen atoms in total. The molecule has 0 spiro atoms. The molecule has 110 valence electrons. The summed E-state index contributed by atoms with van der Waals surface area (Å²) in [6.45, 7) is 6.27. The van der Waals surface area contributed by atoms with Gasteiger partial charge in [-0.05, 0) is 30.6 Å². The quantitative estimate of drug-likeness (QED) is 0.667. The zero-order valence-electron chi connectivity index (χ0n) is 12.0. The van der Waals surface area contributed by atoms with Gasteiger partial charge in [0.05, 0.1) is 26.2 Å². The Balaban J connectivity index is 1.65. The molecular weight excluding hydrogens is 262 g/mol. The second-order valence-corrected chi connectivity index (χ2v) is 6.68. The van der Waals surface area contributed by atoms with Crippen LogP contribution in [-0.4, -0.2) is 61.8 Å². The Kier molecular flexibility index (Phi) is 5.54. The number of likely N-dealkylation sites (N-methyl/N-ethyl adjacent to an activating group) is 1. The number of carbonyl (C=O) groups excluding carboxylic acids is 1. The van der Waals surface area contributed by atoms with E-state index >= 15 is 0 Å². The van der Waals surface area contributed by atoms with Crippen molar-refractivity contribution in [1.82, 2.24) is 4.90 Å². The molecule has 1 aliphatic heterocycles. The number of thioether (sulfide) groups is 1. The van der Waals surface area contributed by atoms with E-state index in [0.717, 1.165) is 37.7 Å². The zero-order valence-corrected chi connectivity index (χ0v) is 12.8. The predicted octanol–water partition coefficient (Wildman–Crippen LogP) is 1.78. The molecule has 2 fully saturated rings. The van der Waals surface area contributed by atoms with Gasteiger partial charge in [-0.15, -0.1) is 0 Å². The van der Waals surface area contributed by atoms with Crippen LogP contribution in [0.25, 0.3) is 0 Å². The van der Waals surface area contributed by atoms with Gasteiger partial charge in [-0.3, -0.25) is 9.69 Å². The Morgan fingerprint density at radius 1 is 1.53 bits per heavy atom. The number of hydrogen-bond acceptors (Lipinski definition) is 5. The molecule has 1 heterocycles. The lowest BCUT2D eigenvalue weighted by atomic mass is 10.1. The van der Waals surface area contributed by atoms with Crippen molar-refractivity contribution in [2.45, 2.75) is 32.3 Å². The van der Waals surface area contributed by atoms with Crippen LogP contribution in [0, 0.1) is 5.41 Å². The van der Waals surface area contributed by atoms with Gasteiger partial charge >= 0.3 is 5.97 Å². The zero-order chi connectivity index (χ0) is 13.7. The highest BCUT2D eigenvalue weighted by Gasteiger charge is 2.44. The maximum Gasteiger partial charge on any atom is 0.306 e. The molecule has 1 saturated carbocycles. The second-order valence-electron chi connectivity index (χ2n) is 5.65. The molecule has 2 aliphatic rings. The topological polar surface area (TPSA) is 38.8 Å². The highest BCUT2D eigenvalue weighted by atomic mass is 32.2. The first kappa shape index (κ1) is 15.1. The Hall–Kier alpha value is -0.260. The van der Waals surface area contributed by atoms with Crippen molar-refractivity contribution >= 4 is 17.7 Å². The Morgan fingerprint density at radius 2 is 2.32 bits per heavy atom. The Labute approximate surface area is 120 Å². The van der Waals surface area contributed by atoms with Crippen molar-refractivity contribution < 1.29 is 14.3 Å². The highest BCUT2D eigenvalue weighted by Crippen LogP contribution is 2.51. The van der Waals surface area contributed by atoms with Gasteiger partial charge in [0.15, 0.2) is 0 Å². The van der Waals surface area contributed by atoms with E-state index in [-0.39, 0.29) is 11.4 Å². The molecule has 19 heavy (non-hydrogen) atoms. The maximum atomic E-state index is 11.4. The summed E-state index contributed by atoms with van der Waals surface area (Å²) in [5.74, 6) is 2.04. The first-order valence-corrected chi connectivity index (χ1v) is 8.31. The first-order chi connectivity index (χ1) is 9.17. The number of esters is 1. The molecule has 1 saturated heterocycles. The number of nitrogens with zero attached hydrogens (tertiary/aromatic N) is 1. The third kappa shape index (κ3) is 4.65. The first-order valence-electron chi connectivity index (χ1n) is 7.16. The standard InChI is InChI=1S/C14H25NO3S/c1-3-15-6-7-18-12(9-15)10-19-11-14(4-5-14)8-13(16)17-2/h12H,3-11H2,1-2H3. The minimum atomic E-state index is -0.0656. The monoisotopic (exact) mass is 287 g/mol. The number of methoxy groups -OCH3 is 1. The maximum absolute atomic E-state index is 11.4. The van der Waals surface area contributed by atoms with Crippen LogP contribution < -0.4 is 0 Å². The molecule has 0 aromatic rings. The molecule has 0 aromatic heterocycles. The van der Waals surface area contributed by atoms with Crippen LogP contribution >= 0.6 is 11.8 Å². The van der Waals surface area contributed by atoms with Crippen LogP contribution in [0.4, 0.5) is 0 Å². The SMILES string of the molecule is CCN1CCOC(CSCC2(CC(=O)OC)CC2)C1. The number of morpholine rings is 1. The predicted molar refractivity (Wildman–Crippen MR) is 77.5 cm³/mol. The van der Waals surface area contributed by atoms with E-state index in [2.05, 4.69) is 11.8 Å². The van der Waals surface area contributed by atoms with Gasteiger partial charge < -0.3 is 9.47 Å². The molecule has 0 N–H and O–H groups in total. The average molecular weight is 287 g/mol. The van der Waals surface area contributed by atoms with Gasteiger partial charge in [0.25, 0.3) is 0 Å². The van der Waals surface area contributed by atoms with Gasteiger partial charge in [-0.25, -0.2) is 0 Å². The highest BCUT2D eigenvalue weighted by molar-refractivity contribution is 7.99. The van der Waals surface area contributed by atoms with Gasteiger partial charge in [0.2, 0.25) is 0 Å². The molecule has 0 radical (unpaired) electrons. The molecular formula is C14H25NO3S. The van der Waals surface area contributed by atoms with Crippen LogP contribution in [0.15, 0.2) is 0 Å². The largest absolute Gasteiger partial charge is 0.469 e. The van der Waals surface area contributed by atoms with E-state index in [4.69, 9.17) is 9.47 Å². The Morgan fingerprint density at radius 3 is 2.95 bits per heavy atom. The molecule has 0 bridgehead atoms. The Bertz CT molecular complexity index is 307.